The van der Waals surface area contributed by atoms with Gasteiger partial charge in [0.25, 0.3) is 10.0 Å². The first-order valence-electron chi connectivity index (χ1n) is 5.84. The maximum absolute atomic E-state index is 12.0. The summed E-state index contributed by atoms with van der Waals surface area (Å²) in [5, 5.41) is 14.7. The minimum absolute atomic E-state index is 0.000849. The molecule has 0 saturated heterocycles. The fourth-order valence-electron chi connectivity index (χ4n) is 1.48. The smallest absolute Gasteiger partial charge is 0.278 e. The van der Waals surface area contributed by atoms with Gasteiger partial charge in [-0.2, -0.15) is 13.5 Å². The molecule has 2 rings (SSSR count). The first-order chi connectivity index (χ1) is 9.62. The van der Waals surface area contributed by atoms with Crippen molar-refractivity contribution < 1.29 is 13.5 Å². The van der Waals surface area contributed by atoms with Crippen LogP contribution in [0.1, 0.15) is 12.0 Å². The lowest BCUT2D eigenvalue weighted by molar-refractivity contribution is 0.305. The van der Waals surface area contributed by atoms with Gasteiger partial charge in [-0.25, -0.2) is 0 Å². The molecule has 20 heavy (non-hydrogen) atoms. The van der Waals surface area contributed by atoms with Gasteiger partial charge in [0.2, 0.25) is 0 Å². The van der Waals surface area contributed by atoms with E-state index < -0.39 is 10.0 Å². The Labute approximate surface area is 116 Å². The van der Waals surface area contributed by atoms with E-state index in [4.69, 9.17) is 5.11 Å². The van der Waals surface area contributed by atoms with Crippen LogP contribution in [0.4, 0.5) is 5.69 Å². The van der Waals surface area contributed by atoms with Crippen LogP contribution in [-0.4, -0.2) is 30.3 Å². The molecule has 0 aliphatic rings. The maximum atomic E-state index is 12.0. The predicted molar refractivity (Wildman–Crippen MR) is 74.4 cm³/mol. The van der Waals surface area contributed by atoms with Crippen molar-refractivity contribution in [1.29, 1.82) is 0 Å². The number of aliphatic hydroxyl groups excluding tert-OH is 1. The number of rotatable bonds is 4. The largest absolute Gasteiger partial charge is 0.395 e. The minimum atomic E-state index is -3.67. The standard InChI is InChI=1S/C13H13N3O3S/c17-9-2-1-4-11-5-3-6-12(10-11)16-20(18,19)13-7-8-14-15-13/h3,5-8,10,16-17H,2,9H2,(H,14,15). The van der Waals surface area contributed by atoms with Crippen molar-refractivity contribution in [1.82, 2.24) is 10.2 Å². The molecule has 0 spiro atoms. The third-order valence-electron chi connectivity index (χ3n) is 2.35. The Balaban J connectivity index is 2.19. The molecule has 2 aromatic rings. The zero-order chi connectivity index (χ0) is 14.4. The van der Waals surface area contributed by atoms with Crippen LogP contribution in [0.25, 0.3) is 0 Å². The molecule has 0 saturated carbocycles. The van der Waals surface area contributed by atoms with E-state index in [0.717, 1.165) is 0 Å². The summed E-state index contributed by atoms with van der Waals surface area (Å²) in [5.74, 6) is 5.62. The van der Waals surface area contributed by atoms with Crippen LogP contribution < -0.4 is 4.72 Å². The van der Waals surface area contributed by atoms with E-state index in [1.807, 2.05) is 0 Å². The first-order valence-corrected chi connectivity index (χ1v) is 7.32. The van der Waals surface area contributed by atoms with Gasteiger partial charge in [-0.1, -0.05) is 17.9 Å². The van der Waals surface area contributed by atoms with E-state index in [-0.39, 0.29) is 11.6 Å². The molecule has 0 atom stereocenters. The Kier molecular flexibility index (Phi) is 4.40. The monoisotopic (exact) mass is 291 g/mol. The van der Waals surface area contributed by atoms with Gasteiger partial charge < -0.3 is 5.11 Å². The van der Waals surface area contributed by atoms with E-state index in [9.17, 15) is 8.42 Å². The van der Waals surface area contributed by atoms with Crippen LogP contribution in [-0.2, 0) is 10.0 Å². The molecule has 1 aromatic heterocycles. The maximum Gasteiger partial charge on any atom is 0.278 e. The number of hydrogen-bond donors (Lipinski definition) is 3. The SMILES string of the molecule is O=S(=O)(Nc1cccc(C#CCCO)c1)c1ccn[nH]1. The lowest BCUT2D eigenvalue weighted by atomic mass is 10.2. The van der Waals surface area contributed by atoms with Crippen LogP contribution in [0.2, 0.25) is 0 Å². The van der Waals surface area contributed by atoms with Gasteiger partial charge in [-0.05, 0) is 24.3 Å². The van der Waals surface area contributed by atoms with Gasteiger partial charge in [-0.3, -0.25) is 9.82 Å². The number of benzene rings is 1. The number of nitrogens with one attached hydrogen (secondary N) is 2. The fraction of sp³-hybridized carbons (Fsp3) is 0.154. The van der Waals surface area contributed by atoms with Crippen molar-refractivity contribution in [3.63, 3.8) is 0 Å². The molecule has 0 aliphatic carbocycles. The van der Waals surface area contributed by atoms with Gasteiger partial charge in [0, 0.05) is 12.0 Å². The van der Waals surface area contributed by atoms with Gasteiger partial charge >= 0.3 is 0 Å². The van der Waals surface area contributed by atoms with Crippen LogP contribution in [0.5, 0.6) is 0 Å². The number of nitrogens with zero attached hydrogens (tertiary/aromatic N) is 1. The van der Waals surface area contributed by atoms with Crippen LogP contribution in [0.15, 0.2) is 41.6 Å². The van der Waals surface area contributed by atoms with Crippen LogP contribution in [0, 0.1) is 11.8 Å². The number of aliphatic hydroxyl groups is 1. The third kappa shape index (κ3) is 3.60. The molecular weight excluding hydrogens is 278 g/mol. The Bertz CT molecular complexity index is 728. The second kappa shape index (κ2) is 6.23. The Morgan fingerprint density at radius 1 is 1.35 bits per heavy atom. The summed E-state index contributed by atoms with van der Waals surface area (Å²) in [7, 11) is -3.67. The number of hydrogen-bond acceptors (Lipinski definition) is 4. The minimum Gasteiger partial charge on any atom is -0.395 e. The van der Waals surface area contributed by atoms with E-state index in [2.05, 4.69) is 26.8 Å². The van der Waals surface area contributed by atoms with Crippen molar-refractivity contribution in [3.8, 4) is 11.8 Å². The highest BCUT2D eigenvalue weighted by molar-refractivity contribution is 7.92. The van der Waals surface area contributed by atoms with Crippen LogP contribution >= 0.6 is 0 Å². The summed E-state index contributed by atoms with van der Waals surface area (Å²) in [4.78, 5) is 0. The average Bonchev–Trinajstić information content (AvgIpc) is 2.94. The van der Waals surface area contributed by atoms with Gasteiger partial charge in [0.1, 0.15) is 0 Å². The normalized spacial score (nSPS) is 10.7. The molecule has 1 heterocycles. The summed E-state index contributed by atoms with van der Waals surface area (Å²) >= 11 is 0. The second-order valence-corrected chi connectivity index (χ2v) is 5.53. The predicted octanol–water partition coefficient (Wildman–Crippen LogP) is 0.944. The highest BCUT2D eigenvalue weighted by atomic mass is 32.2. The van der Waals surface area contributed by atoms with Crippen molar-refractivity contribution >= 4 is 15.7 Å². The van der Waals surface area contributed by atoms with Gasteiger partial charge in [0.05, 0.1) is 18.5 Å². The highest BCUT2D eigenvalue weighted by Crippen LogP contribution is 2.15. The Hall–Kier alpha value is -2.30. The molecule has 0 radical (unpaired) electrons. The van der Waals surface area contributed by atoms with Crippen molar-refractivity contribution in [2.75, 3.05) is 11.3 Å². The molecule has 0 aliphatic heterocycles. The van der Waals surface area contributed by atoms with Crippen molar-refractivity contribution in [3.05, 3.63) is 42.1 Å². The molecule has 0 fully saturated rings. The summed E-state index contributed by atoms with van der Waals surface area (Å²) in [6, 6.07) is 8.09. The topological polar surface area (TPSA) is 95.1 Å². The molecule has 0 unspecified atom stereocenters. The number of aromatic nitrogens is 2. The lowest BCUT2D eigenvalue weighted by Gasteiger charge is -2.06. The zero-order valence-corrected chi connectivity index (χ0v) is 11.3. The van der Waals surface area contributed by atoms with E-state index in [1.165, 1.54) is 12.3 Å². The average molecular weight is 291 g/mol. The zero-order valence-electron chi connectivity index (χ0n) is 10.5. The molecule has 0 bridgehead atoms. The molecule has 104 valence electrons. The van der Waals surface area contributed by atoms with E-state index in [0.29, 0.717) is 17.7 Å². The summed E-state index contributed by atoms with van der Waals surface area (Å²) in [6.07, 6.45) is 1.75. The second-order valence-electron chi connectivity index (χ2n) is 3.88. The molecular formula is C13H13N3O3S. The summed E-state index contributed by atoms with van der Waals surface area (Å²) in [6.45, 7) is -0.000849. The number of sulfonamides is 1. The molecule has 0 amide bonds. The van der Waals surface area contributed by atoms with Gasteiger partial charge in [-0.15, -0.1) is 0 Å². The van der Waals surface area contributed by atoms with Crippen LogP contribution in [0.3, 0.4) is 0 Å². The number of aromatic amines is 1. The lowest BCUT2D eigenvalue weighted by Crippen LogP contribution is -2.13. The molecule has 1 aromatic carbocycles. The molecule has 6 nitrogen and oxygen atoms in total. The molecule has 3 N–H and O–H groups in total. The quantitative estimate of drug-likeness (QED) is 0.731. The van der Waals surface area contributed by atoms with E-state index in [1.54, 1.807) is 24.3 Å². The van der Waals surface area contributed by atoms with Gasteiger partial charge in [0.15, 0.2) is 5.03 Å². The fourth-order valence-corrected chi connectivity index (χ4v) is 2.44. The van der Waals surface area contributed by atoms with Crippen molar-refractivity contribution in [2.24, 2.45) is 0 Å². The first kappa shape index (κ1) is 14.1. The summed E-state index contributed by atoms with van der Waals surface area (Å²) in [5.41, 5.74) is 1.08. The van der Waals surface area contributed by atoms with E-state index >= 15 is 0 Å². The Morgan fingerprint density at radius 3 is 2.90 bits per heavy atom. The number of anilines is 1. The summed E-state index contributed by atoms with van der Waals surface area (Å²) < 4.78 is 26.4. The Morgan fingerprint density at radius 2 is 2.20 bits per heavy atom. The molecule has 7 heteroatoms. The van der Waals surface area contributed by atoms with Crippen molar-refractivity contribution in [2.45, 2.75) is 11.4 Å². The number of H-pyrrole nitrogens is 1. The highest BCUT2D eigenvalue weighted by Gasteiger charge is 2.15. The third-order valence-corrected chi connectivity index (χ3v) is 3.66.